The third-order valence-corrected chi connectivity index (χ3v) is 7.73. The summed E-state index contributed by atoms with van der Waals surface area (Å²) in [6, 6.07) is 9.00. The first-order valence-corrected chi connectivity index (χ1v) is 14.9. The number of rotatable bonds is 8. The van der Waals surface area contributed by atoms with Gasteiger partial charge in [0.25, 0.3) is 0 Å². The molecule has 4 rings (SSSR count). The molecule has 9 heteroatoms. The monoisotopic (exact) mass is 466 g/mol. The van der Waals surface area contributed by atoms with E-state index >= 15 is 0 Å². The highest BCUT2D eigenvalue weighted by Gasteiger charge is 2.37. The van der Waals surface area contributed by atoms with Crippen LogP contribution in [0.4, 0.5) is 0 Å². The minimum absolute atomic E-state index is 0.462. The van der Waals surface area contributed by atoms with Crippen LogP contribution in [0.15, 0.2) is 58.9 Å². The lowest BCUT2D eigenvalue weighted by molar-refractivity contribution is 0.0801. The molecule has 1 atom stereocenters. The van der Waals surface area contributed by atoms with Gasteiger partial charge in [-0.05, 0) is 24.3 Å². The first-order valence-electron chi connectivity index (χ1n) is 11.2. The van der Waals surface area contributed by atoms with Crippen molar-refractivity contribution in [2.24, 2.45) is 23.5 Å². The predicted molar refractivity (Wildman–Crippen MR) is 135 cm³/mol. The molecule has 2 aromatic rings. The first kappa shape index (κ1) is 23.3. The van der Waals surface area contributed by atoms with E-state index in [4.69, 9.17) is 25.9 Å². The summed E-state index contributed by atoms with van der Waals surface area (Å²) < 4.78 is 13.5. The number of aromatic nitrogens is 2. The predicted octanol–water partition coefficient (Wildman–Crippen LogP) is 3.02. The topological polar surface area (TPSA) is 104 Å². The number of fused-ring (bicyclic) bond motifs is 1. The standard InChI is InChI=1S/C24H34N6O2Si/c1-29-21(8-10-27-29)17-6-7-19(22(14-17)31-2)24(26)15-20(25)18-9-11-30(23(18)28-24)16-32-12-13-33(3,4)5/h6-10,14-15H,11-13,16,25-26H2,1-5H3. The zero-order valence-electron chi connectivity index (χ0n) is 20.1. The van der Waals surface area contributed by atoms with Crippen molar-refractivity contribution in [3.63, 3.8) is 0 Å². The van der Waals surface area contributed by atoms with Crippen LogP contribution in [0.2, 0.25) is 25.7 Å². The van der Waals surface area contributed by atoms with Crippen molar-refractivity contribution in [2.45, 2.75) is 31.3 Å². The number of aliphatic imine (C=N–C) groups is 1. The van der Waals surface area contributed by atoms with Crippen LogP contribution in [0.1, 0.15) is 5.56 Å². The highest BCUT2D eigenvalue weighted by molar-refractivity contribution is 6.76. The second-order valence-corrected chi connectivity index (χ2v) is 15.4. The molecule has 2 aliphatic heterocycles. The van der Waals surface area contributed by atoms with Gasteiger partial charge in [-0.1, -0.05) is 37.8 Å². The number of aryl methyl sites for hydroxylation is 1. The normalized spacial score (nSPS) is 20.3. The quantitative estimate of drug-likeness (QED) is 0.458. The smallest absolute Gasteiger partial charge is 0.161 e. The van der Waals surface area contributed by atoms with Gasteiger partial charge in [-0.2, -0.15) is 5.10 Å². The number of nitrogens with zero attached hydrogens (tertiary/aromatic N) is 4. The van der Waals surface area contributed by atoms with E-state index in [9.17, 15) is 0 Å². The van der Waals surface area contributed by atoms with Crippen molar-refractivity contribution in [3.8, 4) is 17.0 Å². The van der Waals surface area contributed by atoms with Gasteiger partial charge in [-0.3, -0.25) is 10.4 Å². The average Bonchev–Trinajstić information content (AvgIpc) is 3.36. The van der Waals surface area contributed by atoms with Gasteiger partial charge >= 0.3 is 0 Å². The summed E-state index contributed by atoms with van der Waals surface area (Å²) in [6.07, 6.45) is 5.65. The highest BCUT2D eigenvalue weighted by atomic mass is 28.3. The minimum Gasteiger partial charge on any atom is -0.496 e. The summed E-state index contributed by atoms with van der Waals surface area (Å²) in [7, 11) is 2.40. The number of ether oxygens (including phenoxy) is 2. The maximum atomic E-state index is 6.85. The molecular weight excluding hydrogens is 432 g/mol. The number of methoxy groups -OCH3 is 1. The molecule has 0 amide bonds. The lowest BCUT2D eigenvalue weighted by Gasteiger charge is -2.32. The molecule has 0 bridgehead atoms. The van der Waals surface area contributed by atoms with Crippen LogP contribution in [0.3, 0.4) is 0 Å². The number of nitrogens with two attached hydrogens (primary N) is 2. The van der Waals surface area contributed by atoms with Crippen molar-refractivity contribution >= 4 is 13.9 Å². The van der Waals surface area contributed by atoms with Crippen molar-refractivity contribution in [1.82, 2.24) is 14.7 Å². The molecule has 4 N–H and O–H groups in total. The van der Waals surface area contributed by atoms with Crippen molar-refractivity contribution in [3.05, 3.63) is 59.4 Å². The fourth-order valence-corrected chi connectivity index (χ4v) is 4.85. The van der Waals surface area contributed by atoms with Crippen molar-refractivity contribution < 1.29 is 9.47 Å². The Morgan fingerprint density at radius 2 is 2.00 bits per heavy atom. The Bertz CT molecular complexity index is 1130. The van der Waals surface area contributed by atoms with Gasteiger partial charge in [-0.15, -0.1) is 0 Å². The van der Waals surface area contributed by atoms with Gasteiger partial charge < -0.3 is 20.1 Å². The van der Waals surface area contributed by atoms with E-state index in [-0.39, 0.29) is 0 Å². The zero-order chi connectivity index (χ0) is 23.8. The van der Waals surface area contributed by atoms with Crippen LogP contribution in [0, 0.1) is 0 Å². The molecule has 33 heavy (non-hydrogen) atoms. The van der Waals surface area contributed by atoms with E-state index in [0.29, 0.717) is 24.7 Å². The van der Waals surface area contributed by atoms with Crippen LogP contribution >= 0.6 is 0 Å². The molecule has 0 radical (unpaired) electrons. The average molecular weight is 467 g/mol. The van der Waals surface area contributed by atoms with Gasteiger partial charge in [-0.25, -0.2) is 4.99 Å². The Hall–Kier alpha value is -2.88. The van der Waals surface area contributed by atoms with E-state index in [0.717, 1.165) is 40.9 Å². The Labute approximate surface area is 196 Å². The molecule has 1 aromatic carbocycles. The van der Waals surface area contributed by atoms with E-state index in [1.165, 1.54) is 0 Å². The Balaban J connectivity index is 1.61. The first-order chi connectivity index (χ1) is 15.6. The zero-order valence-corrected chi connectivity index (χ0v) is 21.1. The van der Waals surface area contributed by atoms with Crippen LogP contribution in [0.5, 0.6) is 5.75 Å². The number of benzene rings is 1. The molecule has 0 saturated carbocycles. The van der Waals surface area contributed by atoms with Crippen molar-refractivity contribution in [2.75, 3.05) is 27.0 Å². The Morgan fingerprint density at radius 3 is 2.67 bits per heavy atom. The van der Waals surface area contributed by atoms with E-state index in [1.54, 1.807) is 19.4 Å². The summed E-state index contributed by atoms with van der Waals surface area (Å²) in [5, 5.41) is 4.25. The second kappa shape index (κ2) is 8.81. The summed E-state index contributed by atoms with van der Waals surface area (Å²) in [4.78, 5) is 7.03. The van der Waals surface area contributed by atoms with Crippen LogP contribution in [-0.4, -0.2) is 55.6 Å². The fourth-order valence-electron chi connectivity index (χ4n) is 4.09. The fraction of sp³-hybridized carbons (Fsp3) is 0.417. The van der Waals surface area contributed by atoms with Crippen LogP contribution in [0.25, 0.3) is 11.3 Å². The van der Waals surface area contributed by atoms with Gasteiger partial charge in [0.15, 0.2) is 5.66 Å². The van der Waals surface area contributed by atoms with E-state index in [1.807, 2.05) is 36.0 Å². The van der Waals surface area contributed by atoms with Crippen LogP contribution in [-0.2, 0) is 17.4 Å². The summed E-state index contributed by atoms with van der Waals surface area (Å²) >= 11 is 0. The lowest BCUT2D eigenvalue weighted by Crippen LogP contribution is -2.42. The Morgan fingerprint density at radius 1 is 1.21 bits per heavy atom. The Kier molecular flexibility index (Phi) is 6.21. The van der Waals surface area contributed by atoms with Gasteiger partial charge in [0.05, 0.1) is 12.8 Å². The van der Waals surface area contributed by atoms with E-state index in [2.05, 4.69) is 35.7 Å². The van der Waals surface area contributed by atoms with Crippen molar-refractivity contribution in [1.29, 1.82) is 0 Å². The number of amidine groups is 1. The summed E-state index contributed by atoms with van der Waals surface area (Å²) in [5.41, 5.74) is 16.4. The minimum atomic E-state index is -1.14. The number of hydrogen-bond donors (Lipinski definition) is 2. The molecule has 0 aliphatic carbocycles. The molecule has 1 aromatic heterocycles. The van der Waals surface area contributed by atoms with Gasteiger partial charge in [0, 0.05) is 56.9 Å². The third-order valence-electron chi connectivity index (χ3n) is 6.03. The van der Waals surface area contributed by atoms with Crippen LogP contribution < -0.4 is 16.2 Å². The molecule has 0 saturated heterocycles. The van der Waals surface area contributed by atoms with Gasteiger partial charge in [0.1, 0.15) is 18.3 Å². The number of hydrogen-bond acceptors (Lipinski definition) is 7. The molecule has 0 spiro atoms. The molecule has 3 heterocycles. The summed E-state index contributed by atoms with van der Waals surface area (Å²) in [6.45, 7) is 8.94. The van der Waals surface area contributed by atoms with Gasteiger partial charge in [0.2, 0.25) is 0 Å². The van der Waals surface area contributed by atoms with E-state index < -0.39 is 13.7 Å². The maximum absolute atomic E-state index is 6.85. The molecule has 2 aliphatic rings. The number of dihydropyridines is 1. The molecular formula is C24H34N6O2Si. The lowest BCUT2D eigenvalue weighted by atomic mass is 9.92. The summed E-state index contributed by atoms with van der Waals surface area (Å²) in [5.74, 6) is 1.41. The molecule has 8 nitrogen and oxygen atoms in total. The third kappa shape index (κ3) is 4.75. The largest absolute Gasteiger partial charge is 0.496 e. The maximum Gasteiger partial charge on any atom is 0.161 e. The molecule has 1 unspecified atom stereocenters. The second-order valence-electron chi connectivity index (χ2n) is 9.80. The SMILES string of the molecule is COc1cc(-c2ccnn2C)ccc1C1(N)C=C(N)C2=CCN(COCC[Si](C)(C)C)C2=N1. The molecule has 0 fully saturated rings. The highest BCUT2D eigenvalue weighted by Crippen LogP contribution is 2.38. The molecule has 176 valence electrons.